The minimum atomic E-state index is 0.304. The van der Waals surface area contributed by atoms with E-state index in [2.05, 4.69) is 43.4 Å². The highest BCUT2D eigenvalue weighted by Gasteiger charge is 2.31. The van der Waals surface area contributed by atoms with E-state index in [1.165, 1.54) is 24.0 Å². The molecule has 1 aliphatic carbocycles. The number of aliphatic hydroxyl groups is 1. The molecule has 0 heterocycles. The van der Waals surface area contributed by atoms with Crippen molar-refractivity contribution in [3.8, 4) is 0 Å². The Morgan fingerprint density at radius 3 is 2.74 bits per heavy atom. The second-order valence-corrected chi connectivity index (χ2v) is 6.05. The first-order valence-electron chi connectivity index (χ1n) is 7.61. The Morgan fingerprint density at radius 2 is 2.11 bits per heavy atom. The summed E-state index contributed by atoms with van der Waals surface area (Å²) in [5.74, 6) is 0.813. The summed E-state index contributed by atoms with van der Waals surface area (Å²) in [6, 6.07) is 9.83. The number of hydrogen-bond donors (Lipinski definition) is 2. The van der Waals surface area contributed by atoms with Gasteiger partial charge in [0, 0.05) is 18.7 Å². The van der Waals surface area contributed by atoms with Crippen LogP contribution in [0, 0.1) is 12.8 Å². The second-order valence-electron chi connectivity index (χ2n) is 6.05. The SMILES string of the molecule is Cc1cccc(CCC(C)NC(CCO)C2CC2)c1. The predicted octanol–water partition coefficient (Wildman–Crippen LogP) is 3.07. The molecule has 2 unspecified atom stereocenters. The summed E-state index contributed by atoms with van der Waals surface area (Å²) >= 11 is 0. The fourth-order valence-corrected chi connectivity index (χ4v) is 2.79. The lowest BCUT2D eigenvalue weighted by Gasteiger charge is -2.22. The maximum Gasteiger partial charge on any atom is 0.0445 e. The van der Waals surface area contributed by atoms with Crippen molar-refractivity contribution in [2.24, 2.45) is 5.92 Å². The third-order valence-electron chi connectivity index (χ3n) is 4.08. The third-order valence-corrected chi connectivity index (χ3v) is 4.08. The van der Waals surface area contributed by atoms with Crippen molar-refractivity contribution in [3.05, 3.63) is 35.4 Å². The van der Waals surface area contributed by atoms with E-state index in [9.17, 15) is 0 Å². The summed E-state index contributed by atoms with van der Waals surface area (Å²) in [5.41, 5.74) is 2.77. The molecule has 0 bridgehead atoms. The number of aliphatic hydroxyl groups excluding tert-OH is 1. The van der Waals surface area contributed by atoms with E-state index in [-0.39, 0.29) is 0 Å². The molecule has 1 aromatic rings. The van der Waals surface area contributed by atoms with Crippen LogP contribution in [0.3, 0.4) is 0 Å². The van der Waals surface area contributed by atoms with Gasteiger partial charge in [-0.3, -0.25) is 0 Å². The molecule has 0 aromatic heterocycles. The van der Waals surface area contributed by atoms with Crippen molar-refractivity contribution in [2.75, 3.05) is 6.61 Å². The second kappa shape index (κ2) is 7.06. The van der Waals surface area contributed by atoms with Gasteiger partial charge in [0.2, 0.25) is 0 Å². The molecule has 2 N–H and O–H groups in total. The van der Waals surface area contributed by atoms with Crippen LogP contribution in [0.5, 0.6) is 0 Å². The van der Waals surface area contributed by atoms with Gasteiger partial charge in [-0.25, -0.2) is 0 Å². The maximum atomic E-state index is 9.12. The van der Waals surface area contributed by atoms with E-state index in [0.29, 0.717) is 18.7 Å². The summed E-state index contributed by atoms with van der Waals surface area (Å²) in [5, 5.41) is 12.8. The topological polar surface area (TPSA) is 32.3 Å². The van der Waals surface area contributed by atoms with Gasteiger partial charge in [-0.15, -0.1) is 0 Å². The highest BCUT2D eigenvalue weighted by molar-refractivity contribution is 5.22. The zero-order valence-corrected chi connectivity index (χ0v) is 12.2. The first-order valence-corrected chi connectivity index (χ1v) is 7.61. The van der Waals surface area contributed by atoms with E-state index in [1.807, 2.05) is 0 Å². The molecule has 1 fully saturated rings. The van der Waals surface area contributed by atoms with Crippen LogP contribution < -0.4 is 5.32 Å². The number of rotatable bonds is 8. The first kappa shape index (κ1) is 14.5. The molecule has 19 heavy (non-hydrogen) atoms. The van der Waals surface area contributed by atoms with Gasteiger partial charge >= 0.3 is 0 Å². The molecule has 0 radical (unpaired) electrons. The van der Waals surface area contributed by atoms with Gasteiger partial charge in [-0.05, 0) is 57.4 Å². The molecule has 0 aliphatic heterocycles. The van der Waals surface area contributed by atoms with E-state index in [0.717, 1.165) is 25.2 Å². The smallest absolute Gasteiger partial charge is 0.0445 e. The van der Waals surface area contributed by atoms with Gasteiger partial charge in [0.25, 0.3) is 0 Å². The van der Waals surface area contributed by atoms with Crippen LogP contribution in [-0.4, -0.2) is 23.8 Å². The molecule has 1 aliphatic rings. The van der Waals surface area contributed by atoms with Gasteiger partial charge in [0.05, 0.1) is 0 Å². The third kappa shape index (κ3) is 4.96. The molecule has 0 saturated heterocycles. The standard InChI is InChI=1S/C17H27NO/c1-13-4-3-5-15(12-13)7-6-14(2)18-17(10-11-19)16-8-9-16/h3-5,12,14,16-19H,6-11H2,1-2H3. The van der Waals surface area contributed by atoms with Gasteiger partial charge < -0.3 is 10.4 Å². The number of hydrogen-bond acceptors (Lipinski definition) is 2. The van der Waals surface area contributed by atoms with Crippen molar-refractivity contribution in [2.45, 2.75) is 58.0 Å². The van der Waals surface area contributed by atoms with E-state index >= 15 is 0 Å². The lowest BCUT2D eigenvalue weighted by molar-refractivity contribution is 0.248. The summed E-state index contributed by atoms with van der Waals surface area (Å²) < 4.78 is 0. The van der Waals surface area contributed by atoms with E-state index < -0.39 is 0 Å². The lowest BCUT2D eigenvalue weighted by atomic mass is 10.0. The van der Waals surface area contributed by atoms with Crippen LogP contribution in [-0.2, 0) is 6.42 Å². The van der Waals surface area contributed by atoms with E-state index in [4.69, 9.17) is 5.11 Å². The normalized spacial score (nSPS) is 18.3. The highest BCUT2D eigenvalue weighted by Crippen LogP contribution is 2.34. The Hall–Kier alpha value is -0.860. The molecule has 2 nitrogen and oxygen atoms in total. The van der Waals surface area contributed by atoms with Crippen molar-refractivity contribution < 1.29 is 5.11 Å². The molecule has 0 spiro atoms. The van der Waals surface area contributed by atoms with Crippen LogP contribution in [0.25, 0.3) is 0 Å². The molecule has 2 atom stereocenters. The zero-order chi connectivity index (χ0) is 13.7. The van der Waals surface area contributed by atoms with Gasteiger partial charge in [0.1, 0.15) is 0 Å². The summed E-state index contributed by atoms with van der Waals surface area (Å²) in [6.45, 7) is 4.72. The fourth-order valence-electron chi connectivity index (χ4n) is 2.79. The number of aryl methyl sites for hydroxylation is 2. The summed E-state index contributed by atoms with van der Waals surface area (Å²) in [4.78, 5) is 0. The Balaban J connectivity index is 1.75. The monoisotopic (exact) mass is 261 g/mol. The quantitative estimate of drug-likeness (QED) is 0.754. The van der Waals surface area contributed by atoms with Crippen LogP contribution in [0.4, 0.5) is 0 Å². The highest BCUT2D eigenvalue weighted by atomic mass is 16.3. The average molecular weight is 261 g/mol. The molecule has 1 aromatic carbocycles. The van der Waals surface area contributed by atoms with Crippen LogP contribution in [0.1, 0.15) is 43.7 Å². The van der Waals surface area contributed by atoms with Gasteiger partial charge in [0.15, 0.2) is 0 Å². The minimum absolute atomic E-state index is 0.304. The molecule has 2 heteroatoms. The Labute approximate surface area is 117 Å². The fraction of sp³-hybridized carbons (Fsp3) is 0.647. The average Bonchev–Trinajstić information content (AvgIpc) is 3.20. The molecule has 106 valence electrons. The summed E-state index contributed by atoms with van der Waals surface area (Å²) in [7, 11) is 0. The minimum Gasteiger partial charge on any atom is -0.396 e. The first-order chi connectivity index (χ1) is 9.19. The number of nitrogens with one attached hydrogen (secondary N) is 1. The van der Waals surface area contributed by atoms with Crippen LogP contribution in [0.15, 0.2) is 24.3 Å². The largest absolute Gasteiger partial charge is 0.396 e. The van der Waals surface area contributed by atoms with Crippen molar-refractivity contribution in [1.82, 2.24) is 5.32 Å². The van der Waals surface area contributed by atoms with Crippen molar-refractivity contribution >= 4 is 0 Å². The zero-order valence-electron chi connectivity index (χ0n) is 12.2. The van der Waals surface area contributed by atoms with Crippen LogP contribution >= 0.6 is 0 Å². The summed E-state index contributed by atoms with van der Waals surface area (Å²) in [6.07, 6.45) is 5.87. The van der Waals surface area contributed by atoms with Crippen LogP contribution in [0.2, 0.25) is 0 Å². The Bertz CT molecular complexity index is 387. The molecular formula is C17H27NO. The molecular weight excluding hydrogens is 234 g/mol. The maximum absolute atomic E-state index is 9.12. The molecule has 2 rings (SSSR count). The van der Waals surface area contributed by atoms with Crippen molar-refractivity contribution in [1.29, 1.82) is 0 Å². The predicted molar refractivity (Wildman–Crippen MR) is 80.3 cm³/mol. The van der Waals surface area contributed by atoms with Crippen molar-refractivity contribution in [3.63, 3.8) is 0 Å². The van der Waals surface area contributed by atoms with Gasteiger partial charge in [-0.1, -0.05) is 29.8 Å². The Morgan fingerprint density at radius 1 is 1.32 bits per heavy atom. The number of benzene rings is 1. The van der Waals surface area contributed by atoms with Gasteiger partial charge in [-0.2, -0.15) is 0 Å². The lowest BCUT2D eigenvalue weighted by Crippen LogP contribution is -2.38. The Kier molecular flexibility index (Phi) is 5.41. The molecule has 1 saturated carbocycles. The molecule has 0 amide bonds. The van der Waals surface area contributed by atoms with E-state index in [1.54, 1.807) is 0 Å².